The van der Waals surface area contributed by atoms with Gasteiger partial charge >= 0.3 is 6.18 Å². The minimum absolute atomic E-state index is 0.114. The maximum Gasteiger partial charge on any atom is 0.389 e. The molecule has 0 aromatic carbocycles. The van der Waals surface area contributed by atoms with Crippen molar-refractivity contribution in [3.63, 3.8) is 0 Å². The van der Waals surface area contributed by atoms with Crippen LogP contribution >= 0.6 is 0 Å². The number of imidazole rings is 1. The van der Waals surface area contributed by atoms with E-state index in [-0.39, 0.29) is 11.8 Å². The molecule has 0 aliphatic carbocycles. The smallest absolute Gasteiger partial charge is 0.331 e. The van der Waals surface area contributed by atoms with Crippen LogP contribution in [-0.2, 0) is 24.9 Å². The number of fused-ring (bicyclic) bond motifs is 1. The molecule has 114 valence electrons. The van der Waals surface area contributed by atoms with Gasteiger partial charge in [0.2, 0.25) is 0 Å². The van der Waals surface area contributed by atoms with Crippen LogP contribution in [0.3, 0.4) is 0 Å². The SMILES string of the molecule is CC(C)(C)c1nc2c(n1CCCC(F)(F)F)CCNC2. The van der Waals surface area contributed by atoms with Crippen LogP contribution in [0, 0.1) is 0 Å². The zero-order valence-electron chi connectivity index (χ0n) is 12.3. The molecule has 1 N–H and O–H groups in total. The molecule has 0 unspecified atom stereocenters. The third kappa shape index (κ3) is 3.53. The number of nitrogens with zero attached hydrogens (tertiary/aromatic N) is 2. The van der Waals surface area contributed by atoms with E-state index in [1.165, 1.54) is 0 Å². The maximum atomic E-state index is 12.3. The number of halogens is 3. The zero-order valence-corrected chi connectivity index (χ0v) is 12.3. The number of hydrogen-bond donors (Lipinski definition) is 1. The summed E-state index contributed by atoms with van der Waals surface area (Å²) < 4.78 is 39.0. The molecule has 1 aromatic rings. The van der Waals surface area contributed by atoms with Gasteiger partial charge in [-0.05, 0) is 6.42 Å². The van der Waals surface area contributed by atoms with Crippen molar-refractivity contribution in [1.82, 2.24) is 14.9 Å². The van der Waals surface area contributed by atoms with Gasteiger partial charge in [0.05, 0.1) is 5.69 Å². The van der Waals surface area contributed by atoms with E-state index >= 15 is 0 Å². The van der Waals surface area contributed by atoms with Crippen molar-refractivity contribution < 1.29 is 13.2 Å². The molecule has 6 heteroatoms. The van der Waals surface area contributed by atoms with Gasteiger partial charge in [-0.2, -0.15) is 13.2 Å². The number of alkyl halides is 3. The van der Waals surface area contributed by atoms with E-state index in [4.69, 9.17) is 0 Å². The highest BCUT2D eigenvalue weighted by atomic mass is 19.4. The van der Waals surface area contributed by atoms with Gasteiger partial charge in [0.25, 0.3) is 0 Å². The van der Waals surface area contributed by atoms with Crippen molar-refractivity contribution in [2.24, 2.45) is 0 Å². The first-order chi connectivity index (χ1) is 9.18. The summed E-state index contributed by atoms with van der Waals surface area (Å²) in [5.74, 6) is 0.897. The Kier molecular flexibility index (Phi) is 4.14. The molecule has 1 aliphatic rings. The number of nitrogens with one attached hydrogen (secondary N) is 1. The third-order valence-corrected chi connectivity index (χ3v) is 3.50. The first-order valence-electron chi connectivity index (χ1n) is 7.05. The number of aromatic nitrogens is 2. The lowest BCUT2D eigenvalue weighted by atomic mass is 9.95. The Bertz CT molecular complexity index is 469. The molecule has 3 nitrogen and oxygen atoms in total. The molecule has 0 radical (unpaired) electrons. The minimum Gasteiger partial charge on any atom is -0.331 e. The number of rotatable bonds is 3. The summed E-state index contributed by atoms with van der Waals surface area (Å²) in [6, 6.07) is 0. The van der Waals surface area contributed by atoms with Gasteiger partial charge in [-0.25, -0.2) is 4.98 Å². The van der Waals surface area contributed by atoms with Crippen molar-refractivity contribution in [3.8, 4) is 0 Å². The molecule has 20 heavy (non-hydrogen) atoms. The lowest BCUT2D eigenvalue weighted by Crippen LogP contribution is -2.26. The van der Waals surface area contributed by atoms with Gasteiger partial charge < -0.3 is 9.88 Å². The quantitative estimate of drug-likeness (QED) is 0.926. The largest absolute Gasteiger partial charge is 0.389 e. The van der Waals surface area contributed by atoms with E-state index in [9.17, 15) is 13.2 Å². The predicted molar refractivity (Wildman–Crippen MR) is 71.6 cm³/mol. The number of hydrogen-bond acceptors (Lipinski definition) is 2. The van der Waals surface area contributed by atoms with Crippen LogP contribution in [0.15, 0.2) is 0 Å². The molecule has 0 saturated carbocycles. The monoisotopic (exact) mass is 289 g/mol. The summed E-state index contributed by atoms with van der Waals surface area (Å²) in [4.78, 5) is 4.66. The lowest BCUT2D eigenvalue weighted by Gasteiger charge is -2.22. The Morgan fingerprint density at radius 3 is 2.55 bits per heavy atom. The van der Waals surface area contributed by atoms with Crippen molar-refractivity contribution in [2.75, 3.05) is 6.54 Å². The third-order valence-electron chi connectivity index (χ3n) is 3.50. The van der Waals surface area contributed by atoms with E-state index in [0.29, 0.717) is 13.1 Å². The summed E-state index contributed by atoms with van der Waals surface area (Å²) in [6.45, 7) is 8.12. The van der Waals surface area contributed by atoms with E-state index in [1.54, 1.807) is 0 Å². The normalized spacial score (nSPS) is 16.3. The molecule has 2 rings (SSSR count). The van der Waals surface area contributed by atoms with Gasteiger partial charge in [0.15, 0.2) is 0 Å². The van der Waals surface area contributed by atoms with E-state index in [2.05, 4.69) is 31.1 Å². The molecular formula is C14H22F3N3. The molecule has 2 heterocycles. The Morgan fingerprint density at radius 1 is 1.25 bits per heavy atom. The standard InChI is InChI=1S/C14H22F3N3/c1-13(2,3)12-19-10-9-18-7-5-11(10)20(12)8-4-6-14(15,16)17/h18H,4-9H2,1-3H3. The Hall–Kier alpha value is -1.04. The Balaban J connectivity index is 2.23. The van der Waals surface area contributed by atoms with Gasteiger partial charge in [0.1, 0.15) is 5.82 Å². The fourth-order valence-corrected chi connectivity index (χ4v) is 2.62. The highest BCUT2D eigenvalue weighted by molar-refractivity contribution is 5.23. The summed E-state index contributed by atoms with van der Waals surface area (Å²) in [6.07, 6.45) is -3.86. The molecule has 0 spiro atoms. The zero-order chi connectivity index (χ0) is 15.0. The van der Waals surface area contributed by atoms with E-state index < -0.39 is 12.6 Å². The average molecular weight is 289 g/mol. The van der Waals surface area contributed by atoms with Crippen LogP contribution in [-0.4, -0.2) is 22.3 Å². The fourth-order valence-electron chi connectivity index (χ4n) is 2.62. The predicted octanol–water partition coefficient (Wildman–Crippen LogP) is 3.17. The van der Waals surface area contributed by atoms with Crippen LogP contribution in [0.2, 0.25) is 0 Å². The molecular weight excluding hydrogens is 267 g/mol. The van der Waals surface area contributed by atoms with E-state index in [1.807, 2.05) is 4.57 Å². The average Bonchev–Trinajstić information content (AvgIpc) is 2.67. The second-order valence-electron chi connectivity index (χ2n) is 6.38. The van der Waals surface area contributed by atoms with Gasteiger partial charge in [0, 0.05) is 43.6 Å². The van der Waals surface area contributed by atoms with E-state index in [0.717, 1.165) is 30.2 Å². The second kappa shape index (κ2) is 5.39. The first-order valence-corrected chi connectivity index (χ1v) is 7.05. The van der Waals surface area contributed by atoms with Crippen LogP contribution in [0.25, 0.3) is 0 Å². The van der Waals surface area contributed by atoms with Crippen molar-refractivity contribution in [1.29, 1.82) is 0 Å². The second-order valence-corrected chi connectivity index (χ2v) is 6.38. The van der Waals surface area contributed by atoms with Crippen LogP contribution < -0.4 is 5.32 Å². The topological polar surface area (TPSA) is 29.9 Å². The van der Waals surface area contributed by atoms with Crippen LogP contribution in [0.4, 0.5) is 13.2 Å². The summed E-state index contributed by atoms with van der Waals surface area (Å²) in [5.41, 5.74) is 1.94. The molecule has 0 amide bonds. The molecule has 1 aromatic heterocycles. The van der Waals surface area contributed by atoms with Gasteiger partial charge in [-0.15, -0.1) is 0 Å². The highest BCUT2D eigenvalue weighted by Crippen LogP contribution is 2.28. The van der Waals surface area contributed by atoms with Gasteiger partial charge in [-0.3, -0.25) is 0 Å². The first kappa shape index (κ1) is 15.4. The van der Waals surface area contributed by atoms with Crippen molar-refractivity contribution in [2.45, 2.75) is 64.7 Å². The molecule has 0 fully saturated rings. The molecule has 0 bridgehead atoms. The summed E-state index contributed by atoms with van der Waals surface area (Å²) >= 11 is 0. The van der Waals surface area contributed by atoms with Crippen molar-refractivity contribution >= 4 is 0 Å². The summed E-state index contributed by atoms with van der Waals surface area (Å²) in [5, 5.41) is 3.26. The van der Waals surface area contributed by atoms with Crippen molar-refractivity contribution in [3.05, 3.63) is 17.2 Å². The lowest BCUT2D eigenvalue weighted by molar-refractivity contribution is -0.135. The van der Waals surface area contributed by atoms with Crippen LogP contribution in [0.1, 0.15) is 50.8 Å². The Labute approximate surface area is 117 Å². The Morgan fingerprint density at radius 2 is 1.95 bits per heavy atom. The summed E-state index contributed by atoms with van der Waals surface area (Å²) in [7, 11) is 0. The molecule has 1 aliphatic heterocycles. The van der Waals surface area contributed by atoms with Gasteiger partial charge in [-0.1, -0.05) is 20.8 Å². The highest BCUT2D eigenvalue weighted by Gasteiger charge is 2.29. The molecule has 0 saturated heterocycles. The maximum absolute atomic E-state index is 12.3. The molecule has 0 atom stereocenters. The fraction of sp³-hybridized carbons (Fsp3) is 0.786. The minimum atomic E-state index is -4.08. The van der Waals surface area contributed by atoms with Crippen LogP contribution in [0.5, 0.6) is 0 Å².